The summed E-state index contributed by atoms with van der Waals surface area (Å²) in [6.07, 6.45) is 1.78. The predicted molar refractivity (Wildman–Crippen MR) is 83.5 cm³/mol. The number of halogens is 1. The number of ether oxygens (including phenoxy) is 1. The van der Waals surface area contributed by atoms with Gasteiger partial charge in [0.15, 0.2) is 0 Å². The van der Waals surface area contributed by atoms with Crippen LogP contribution < -0.4 is 5.32 Å². The molecule has 1 aromatic heterocycles. The van der Waals surface area contributed by atoms with Crippen molar-refractivity contribution in [2.75, 3.05) is 11.9 Å². The molecule has 1 heterocycles. The number of esters is 1. The monoisotopic (exact) mass is 350 g/mol. The normalized spacial score (nSPS) is 10.2. The topological polar surface area (TPSA) is 60.3 Å². The number of aryl methyl sites for hydroxylation is 1. The Bertz CT molecular complexity index is 679. The number of hydrogen-bond donors (Lipinski definition) is 1. The van der Waals surface area contributed by atoms with E-state index in [0.29, 0.717) is 16.9 Å². The first-order valence-corrected chi connectivity index (χ1v) is 7.21. The van der Waals surface area contributed by atoms with Gasteiger partial charge in [-0.25, -0.2) is 4.79 Å². The van der Waals surface area contributed by atoms with Crippen molar-refractivity contribution in [3.05, 3.63) is 52.3 Å². The van der Waals surface area contributed by atoms with Crippen LogP contribution in [0.3, 0.4) is 0 Å². The van der Waals surface area contributed by atoms with E-state index in [-0.39, 0.29) is 12.5 Å². The van der Waals surface area contributed by atoms with Gasteiger partial charge in [0.2, 0.25) is 0 Å². The van der Waals surface area contributed by atoms with Crippen LogP contribution in [0.4, 0.5) is 5.69 Å². The Morgan fingerprint density at radius 2 is 2.05 bits per heavy atom. The van der Waals surface area contributed by atoms with Crippen molar-refractivity contribution < 1.29 is 14.3 Å². The van der Waals surface area contributed by atoms with E-state index >= 15 is 0 Å². The predicted octanol–water partition coefficient (Wildman–Crippen LogP) is 3.22. The summed E-state index contributed by atoms with van der Waals surface area (Å²) in [6.45, 7) is 2.02. The van der Waals surface area contributed by atoms with E-state index in [1.165, 1.54) is 0 Å². The molecule has 2 aromatic rings. The van der Waals surface area contributed by atoms with Crippen molar-refractivity contribution in [3.8, 4) is 0 Å². The summed E-state index contributed by atoms with van der Waals surface area (Å²) in [4.78, 5) is 24.1. The standard InChI is InChI=1S/C15H15BrN2O3/c1-3-21-15(20)11-6-4-5-7-12(11)17-14(19)13-8-10(16)9-18(13)2/h4-9H,3H2,1-2H3,(H,17,19). The molecule has 2 rings (SSSR count). The van der Waals surface area contributed by atoms with Crippen molar-refractivity contribution >= 4 is 33.5 Å². The largest absolute Gasteiger partial charge is 0.462 e. The first kappa shape index (κ1) is 15.3. The van der Waals surface area contributed by atoms with Crippen LogP contribution in [0.25, 0.3) is 0 Å². The third-order valence-electron chi connectivity index (χ3n) is 2.87. The zero-order chi connectivity index (χ0) is 15.4. The summed E-state index contributed by atoms with van der Waals surface area (Å²) >= 11 is 3.32. The minimum absolute atomic E-state index is 0.284. The smallest absolute Gasteiger partial charge is 0.340 e. The third kappa shape index (κ3) is 3.52. The Morgan fingerprint density at radius 1 is 1.33 bits per heavy atom. The van der Waals surface area contributed by atoms with Gasteiger partial charge in [-0.15, -0.1) is 0 Å². The van der Waals surface area contributed by atoms with Gasteiger partial charge in [0.25, 0.3) is 5.91 Å². The molecule has 0 bridgehead atoms. The van der Waals surface area contributed by atoms with Crippen LogP contribution in [0.15, 0.2) is 41.0 Å². The van der Waals surface area contributed by atoms with Gasteiger partial charge in [0.05, 0.1) is 17.9 Å². The van der Waals surface area contributed by atoms with E-state index in [0.717, 1.165) is 4.47 Å². The number of amides is 1. The van der Waals surface area contributed by atoms with E-state index in [2.05, 4.69) is 21.2 Å². The van der Waals surface area contributed by atoms with Crippen molar-refractivity contribution in [2.24, 2.45) is 7.05 Å². The number of hydrogen-bond acceptors (Lipinski definition) is 3. The highest BCUT2D eigenvalue weighted by atomic mass is 79.9. The molecule has 0 radical (unpaired) electrons. The fraction of sp³-hybridized carbons (Fsp3) is 0.200. The number of nitrogens with one attached hydrogen (secondary N) is 1. The fourth-order valence-electron chi connectivity index (χ4n) is 1.92. The van der Waals surface area contributed by atoms with Gasteiger partial charge in [-0.3, -0.25) is 4.79 Å². The number of rotatable bonds is 4. The molecule has 110 valence electrons. The molecule has 0 aliphatic carbocycles. The highest BCUT2D eigenvalue weighted by Gasteiger charge is 2.16. The van der Waals surface area contributed by atoms with Crippen molar-refractivity contribution in [1.29, 1.82) is 0 Å². The minimum atomic E-state index is -0.457. The molecule has 0 spiro atoms. The van der Waals surface area contributed by atoms with Gasteiger partial charge in [0.1, 0.15) is 5.69 Å². The summed E-state index contributed by atoms with van der Waals surface area (Å²) in [6, 6.07) is 8.47. The zero-order valence-electron chi connectivity index (χ0n) is 11.7. The second-order valence-electron chi connectivity index (χ2n) is 4.37. The van der Waals surface area contributed by atoms with Crippen LogP contribution in [-0.4, -0.2) is 23.1 Å². The van der Waals surface area contributed by atoms with Gasteiger partial charge < -0.3 is 14.6 Å². The third-order valence-corrected chi connectivity index (χ3v) is 3.31. The number of anilines is 1. The van der Waals surface area contributed by atoms with Crippen LogP contribution in [0.1, 0.15) is 27.8 Å². The van der Waals surface area contributed by atoms with E-state index < -0.39 is 5.97 Å². The van der Waals surface area contributed by atoms with Crippen LogP contribution in [0, 0.1) is 0 Å². The Balaban J connectivity index is 2.25. The molecule has 0 unspecified atom stereocenters. The summed E-state index contributed by atoms with van der Waals surface area (Å²) in [7, 11) is 1.77. The fourth-order valence-corrected chi connectivity index (χ4v) is 2.44. The number of carbonyl (C=O) groups is 2. The van der Waals surface area contributed by atoms with Gasteiger partial charge >= 0.3 is 5.97 Å². The van der Waals surface area contributed by atoms with Crippen LogP contribution in [-0.2, 0) is 11.8 Å². The molecular formula is C15H15BrN2O3. The van der Waals surface area contributed by atoms with E-state index in [1.54, 1.807) is 55.1 Å². The molecule has 21 heavy (non-hydrogen) atoms. The molecule has 6 heteroatoms. The zero-order valence-corrected chi connectivity index (χ0v) is 13.3. The van der Waals surface area contributed by atoms with Crippen molar-refractivity contribution in [2.45, 2.75) is 6.92 Å². The molecule has 0 saturated carbocycles. The average Bonchev–Trinajstić information content (AvgIpc) is 2.78. The van der Waals surface area contributed by atoms with Crippen LogP contribution in [0.2, 0.25) is 0 Å². The molecular weight excluding hydrogens is 336 g/mol. The van der Waals surface area contributed by atoms with Crippen molar-refractivity contribution in [3.63, 3.8) is 0 Å². The second kappa shape index (κ2) is 6.58. The summed E-state index contributed by atoms with van der Waals surface area (Å²) in [5.74, 6) is -0.749. The molecule has 0 aliphatic rings. The summed E-state index contributed by atoms with van der Waals surface area (Å²) < 4.78 is 7.50. The molecule has 0 fully saturated rings. The first-order chi connectivity index (χ1) is 10.0. The Kier molecular flexibility index (Phi) is 4.80. The molecule has 5 nitrogen and oxygen atoms in total. The van der Waals surface area contributed by atoms with Gasteiger partial charge in [0, 0.05) is 17.7 Å². The maximum Gasteiger partial charge on any atom is 0.340 e. The van der Waals surface area contributed by atoms with Crippen LogP contribution >= 0.6 is 15.9 Å². The lowest BCUT2D eigenvalue weighted by molar-refractivity contribution is 0.0527. The number of para-hydroxylation sites is 1. The maximum atomic E-state index is 12.3. The molecule has 1 N–H and O–H groups in total. The van der Waals surface area contributed by atoms with Gasteiger partial charge in [-0.1, -0.05) is 12.1 Å². The molecule has 0 saturated heterocycles. The lowest BCUT2D eigenvalue weighted by Gasteiger charge is -2.10. The highest BCUT2D eigenvalue weighted by Crippen LogP contribution is 2.19. The molecule has 0 atom stereocenters. The quantitative estimate of drug-likeness (QED) is 0.861. The Hall–Kier alpha value is -2.08. The first-order valence-electron chi connectivity index (χ1n) is 6.42. The average molecular weight is 351 g/mol. The summed E-state index contributed by atoms with van der Waals surface area (Å²) in [5.41, 5.74) is 1.25. The minimum Gasteiger partial charge on any atom is -0.462 e. The SMILES string of the molecule is CCOC(=O)c1ccccc1NC(=O)c1cc(Br)cn1C. The Morgan fingerprint density at radius 3 is 2.67 bits per heavy atom. The summed E-state index contributed by atoms with van der Waals surface area (Å²) in [5, 5.41) is 2.74. The molecule has 1 amide bonds. The van der Waals surface area contributed by atoms with E-state index in [1.807, 2.05) is 0 Å². The Labute approximate surface area is 131 Å². The number of aromatic nitrogens is 1. The lowest BCUT2D eigenvalue weighted by atomic mass is 10.1. The molecule has 1 aromatic carbocycles. The van der Waals surface area contributed by atoms with Crippen LogP contribution in [0.5, 0.6) is 0 Å². The van der Waals surface area contributed by atoms with E-state index in [9.17, 15) is 9.59 Å². The van der Waals surface area contributed by atoms with E-state index in [4.69, 9.17) is 4.74 Å². The number of nitrogens with zero attached hydrogens (tertiary/aromatic N) is 1. The second-order valence-corrected chi connectivity index (χ2v) is 5.29. The highest BCUT2D eigenvalue weighted by molar-refractivity contribution is 9.10. The maximum absolute atomic E-state index is 12.3. The number of carbonyl (C=O) groups excluding carboxylic acids is 2. The van der Waals surface area contributed by atoms with Crippen molar-refractivity contribution in [1.82, 2.24) is 4.57 Å². The number of benzene rings is 1. The molecule has 0 aliphatic heterocycles. The lowest BCUT2D eigenvalue weighted by Crippen LogP contribution is -2.18. The van der Waals surface area contributed by atoms with Gasteiger partial charge in [-0.05, 0) is 41.1 Å². The van der Waals surface area contributed by atoms with Gasteiger partial charge in [-0.2, -0.15) is 0 Å².